The van der Waals surface area contributed by atoms with Crippen molar-refractivity contribution in [3.05, 3.63) is 89.9 Å². The highest BCUT2D eigenvalue weighted by Gasteiger charge is 2.32. The van der Waals surface area contributed by atoms with Gasteiger partial charge in [0.2, 0.25) is 5.91 Å². The summed E-state index contributed by atoms with van der Waals surface area (Å²) in [6.45, 7) is 0. The number of methoxy groups -OCH3 is 2. The van der Waals surface area contributed by atoms with Crippen LogP contribution >= 0.6 is 11.8 Å². The number of amides is 2. The summed E-state index contributed by atoms with van der Waals surface area (Å²) >= 11 is 1.08. The zero-order chi connectivity index (χ0) is 24.8. The molecule has 0 fully saturated rings. The average molecular weight is 492 g/mol. The lowest BCUT2D eigenvalue weighted by Crippen LogP contribution is -2.31. The van der Waals surface area contributed by atoms with Crippen molar-refractivity contribution in [2.45, 2.75) is 0 Å². The molecule has 2 amide bonds. The standard InChI is InChI=1S/C26H22FN3O4S/c1-33-19-12-10-17(11-13-19)14-23-25(32)30(18-6-5-7-20(15-18)34-2)26(29-23)35-16-24(31)28-22-9-4-3-8-21(22)27/h3-15H,16H2,1-2H3,(H,28,31)/b23-14-. The molecule has 0 unspecified atom stereocenters. The molecule has 3 aromatic carbocycles. The number of rotatable bonds is 7. The monoisotopic (exact) mass is 491 g/mol. The lowest BCUT2D eigenvalue weighted by atomic mass is 10.2. The second-order valence-electron chi connectivity index (χ2n) is 7.36. The van der Waals surface area contributed by atoms with Gasteiger partial charge in [0, 0.05) is 6.07 Å². The van der Waals surface area contributed by atoms with Gasteiger partial charge in [0.25, 0.3) is 5.91 Å². The van der Waals surface area contributed by atoms with E-state index in [1.54, 1.807) is 61.7 Å². The second kappa shape index (κ2) is 10.9. The Bertz CT molecular complexity index is 1310. The molecule has 0 aromatic heterocycles. The lowest BCUT2D eigenvalue weighted by Gasteiger charge is -2.18. The van der Waals surface area contributed by atoms with Crippen LogP contribution in [0.15, 0.2) is 83.5 Å². The molecule has 9 heteroatoms. The molecule has 0 saturated carbocycles. The number of hydrogen-bond donors (Lipinski definition) is 1. The molecule has 0 radical (unpaired) electrons. The van der Waals surface area contributed by atoms with Crippen LogP contribution in [0.2, 0.25) is 0 Å². The van der Waals surface area contributed by atoms with Crippen molar-refractivity contribution in [1.29, 1.82) is 0 Å². The van der Waals surface area contributed by atoms with Gasteiger partial charge < -0.3 is 14.8 Å². The quantitative estimate of drug-likeness (QED) is 0.473. The van der Waals surface area contributed by atoms with Crippen molar-refractivity contribution in [2.75, 3.05) is 30.2 Å². The minimum Gasteiger partial charge on any atom is -0.497 e. The van der Waals surface area contributed by atoms with Gasteiger partial charge in [-0.2, -0.15) is 0 Å². The smallest absolute Gasteiger partial charge is 0.283 e. The normalized spacial score (nSPS) is 14.1. The van der Waals surface area contributed by atoms with Gasteiger partial charge in [-0.25, -0.2) is 9.38 Å². The van der Waals surface area contributed by atoms with Crippen LogP contribution in [0.25, 0.3) is 6.08 Å². The molecule has 0 bridgehead atoms. The van der Waals surface area contributed by atoms with E-state index in [0.29, 0.717) is 22.4 Å². The van der Waals surface area contributed by atoms with Crippen molar-refractivity contribution in [2.24, 2.45) is 4.99 Å². The van der Waals surface area contributed by atoms with Crippen LogP contribution in [0.5, 0.6) is 11.5 Å². The molecule has 1 heterocycles. The Labute approximate surface area is 206 Å². The number of aliphatic imine (C=N–C) groups is 1. The molecule has 178 valence electrons. The van der Waals surface area contributed by atoms with Crippen LogP contribution in [0.4, 0.5) is 15.8 Å². The predicted octanol–water partition coefficient (Wildman–Crippen LogP) is 4.96. The fourth-order valence-corrected chi connectivity index (χ4v) is 4.12. The molecule has 1 aliphatic rings. The summed E-state index contributed by atoms with van der Waals surface area (Å²) in [4.78, 5) is 31.8. The summed E-state index contributed by atoms with van der Waals surface area (Å²) in [6, 6.07) is 20.1. The van der Waals surface area contributed by atoms with Gasteiger partial charge >= 0.3 is 0 Å². The number of carbonyl (C=O) groups is 2. The summed E-state index contributed by atoms with van der Waals surface area (Å²) in [5.41, 5.74) is 1.63. The number of hydrogen-bond acceptors (Lipinski definition) is 6. The molecule has 3 aromatic rings. The fourth-order valence-electron chi connectivity index (χ4n) is 3.31. The largest absolute Gasteiger partial charge is 0.497 e. The summed E-state index contributed by atoms with van der Waals surface area (Å²) in [5.74, 6) is -0.0917. The van der Waals surface area contributed by atoms with E-state index < -0.39 is 11.7 Å². The van der Waals surface area contributed by atoms with Crippen molar-refractivity contribution in [1.82, 2.24) is 0 Å². The zero-order valence-corrected chi connectivity index (χ0v) is 19.8. The van der Waals surface area contributed by atoms with Crippen molar-refractivity contribution in [3.8, 4) is 11.5 Å². The highest BCUT2D eigenvalue weighted by atomic mass is 32.2. The Hall–Kier alpha value is -4.11. The Kier molecular flexibility index (Phi) is 7.47. The Morgan fingerprint density at radius 3 is 2.49 bits per heavy atom. The topological polar surface area (TPSA) is 80.2 Å². The number of nitrogens with zero attached hydrogens (tertiary/aromatic N) is 2. The molecule has 1 N–H and O–H groups in total. The number of ether oxygens (including phenoxy) is 2. The molecule has 7 nitrogen and oxygen atoms in total. The fraction of sp³-hybridized carbons (Fsp3) is 0.115. The maximum Gasteiger partial charge on any atom is 0.283 e. The van der Waals surface area contributed by atoms with E-state index in [2.05, 4.69) is 10.3 Å². The minimum atomic E-state index is -0.526. The average Bonchev–Trinajstić information content (AvgIpc) is 3.19. The van der Waals surface area contributed by atoms with E-state index in [0.717, 1.165) is 17.3 Å². The van der Waals surface area contributed by atoms with E-state index in [-0.39, 0.29) is 23.0 Å². The first-order valence-corrected chi connectivity index (χ1v) is 11.6. The first-order chi connectivity index (χ1) is 17.0. The molecule has 0 spiro atoms. The van der Waals surface area contributed by atoms with E-state index >= 15 is 0 Å². The third kappa shape index (κ3) is 5.70. The van der Waals surface area contributed by atoms with Gasteiger partial charge in [-0.1, -0.05) is 42.1 Å². The number of carbonyl (C=O) groups excluding carboxylic acids is 2. The van der Waals surface area contributed by atoms with Crippen LogP contribution in [-0.2, 0) is 9.59 Å². The number of benzene rings is 3. The summed E-state index contributed by atoms with van der Waals surface area (Å²) in [5, 5.41) is 2.87. The molecule has 0 saturated heterocycles. The lowest BCUT2D eigenvalue weighted by molar-refractivity contribution is -0.114. The van der Waals surface area contributed by atoms with Crippen molar-refractivity contribution < 1.29 is 23.5 Å². The highest BCUT2D eigenvalue weighted by molar-refractivity contribution is 8.14. The maximum atomic E-state index is 13.9. The summed E-state index contributed by atoms with van der Waals surface area (Å²) in [6.07, 6.45) is 1.67. The molecule has 4 rings (SSSR count). The molecule has 35 heavy (non-hydrogen) atoms. The van der Waals surface area contributed by atoms with E-state index in [9.17, 15) is 14.0 Å². The number of halogens is 1. The Morgan fingerprint density at radius 1 is 1.03 bits per heavy atom. The van der Waals surface area contributed by atoms with Crippen LogP contribution < -0.4 is 19.7 Å². The number of nitrogens with one attached hydrogen (secondary N) is 1. The SMILES string of the molecule is COc1ccc(/C=C2\N=C(SCC(=O)Nc3ccccc3F)N(c3cccc(OC)c3)C2=O)cc1. The third-order valence-corrected chi connectivity index (χ3v) is 5.98. The molecular weight excluding hydrogens is 469 g/mol. The molecule has 0 aliphatic carbocycles. The van der Waals surface area contributed by atoms with Gasteiger partial charge in [0.1, 0.15) is 23.0 Å². The Morgan fingerprint density at radius 2 is 1.77 bits per heavy atom. The first kappa shape index (κ1) is 24.0. The van der Waals surface area contributed by atoms with Crippen molar-refractivity contribution in [3.63, 3.8) is 0 Å². The van der Waals surface area contributed by atoms with Gasteiger partial charge in [0.05, 0.1) is 31.3 Å². The molecule has 0 atom stereocenters. The number of thioether (sulfide) groups is 1. The van der Waals surface area contributed by atoms with Gasteiger partial charge in [-0.15, -0.1) is 0 Å². The van der Waals surface area contributed by atoms with Crippen molar-refractivity contribution >= 4 is 46.2 Å². The van der Waals surface area contributed by atoms with Crippen LogP contribution in [0.3, 0.4) is 0 Å². The second-order valence-corrected chi connectivity index (χ2v) is 8.30. The summed E-state index contributed by atoms with van der Waals surface area (Å²) in [7, 11) is 3.12. The Balaban J connectivity index is 1.59. The number of para-hydroxylation sites is 1. The number of amidine groups is 1. The predicted molar refractivity (Wildman–Crippen MR) is 136 cm³/mol. The van der Waals surface area contributed by atoms with Crippen LogP contribution in [0.1, 0.15) is 5.56 Å². The van der Waals surface area contributed by atoms with E-state index in [4.69, 9.17) is 9.47 Å². The zero-order valence-electron chi connectivity index (χ0n) is 19.0. The highest BCUT2D eigenvalue weighted by Crippen LogP contribution is 2.31. The summed E-state index contributed by atoms with van der Waals surface area (Å²) < 4.78 is 24.4. The maximum absolute atomic E-state index is 13.9. The third-order valence-electron chi connectivity index (χ3n) is 5.04. The van der Waals surface area contributed by atoms with Gasteiger partial charge in [-0.3, -0.25) is 14.5 Å². The number of anilines is 2. The molecule has 1 aliphatic heterocycles. The van der Waals surface area contributed by atoms with E-state index in [1.165, 1.54) is 24.1 Å². The van der Waals surface area contributed by atoms with Gasteiger partial charge in [-0.05, 0) is 48.0 Å². The van der Waals surface area contributed by atoms with Gasteiger partial charge in [0.15, 0.2) is 5.17 Å². The first-order valence-electron chi connectivity index (χ1n) is 10.6. The van der Waals surface area contributed by atoms with E-state index in [1.807, 2.05) is 12.1 Å². The minimum absolute atomic E-state index is 0.0727. The van der Waals surface area contributed by atoms with Crippen LogP contribution in [-0.4, -0.2) is 37.0 Å². The van der Waals surface area contributed by atoms with Crippen LogP contribution in [0, 0.1) is 5.82 Å². The molecular formula is C26H22FN3O4S.